The molecule has 0 spiro atoms. The third kappa shape index (κ3) is 4.70. The van der Waals surface area contributed by atoms with Crippen LogP contribution in [0.25, 0.3) is 0 Å². The van der Waals surface area contributed by atoms with E-state index in [9.17, 15) is 14.0 Å². The highest BCUT2D eigenvalue weighted by Gasteiger charge is 2.17. The first kappa shape index (κ1) is 18.7. The van der Waals surface area contributed by atoms with E-state index in [1.807, 2.05) is 0 Å². The van der Waals surface area contributed by atoms with Gasteiger partial charge < -0.3 is 15.0 Å². The lowest BCUT2D eigenvalue weighted by Gasteiger charge is -2.23. The van der Waals surface area contributed by atoms with E-state index in [4.69, 9.17) is 16.3 Å². The topological polar surface area (TPSA) is 58.6 Å². The van der Waals surface area contributed by atoms with Gasteiger partial charge in [0.15, 0.2) is 0 Å². The van der Waals surface area contributed by atoms with E-state index < -0.39 is 11.7 Å². The molecule has 2 rings (SSSR count). The first-order chi connectivity index (χ1) is 11.9. The first-order valence-corrected chi connectivity index (χ1v) is 7.96. The van der Waals surface area contributed by atoms with Crippen LogP contribution in [0.1, 0.15) is 17.3 Å². The quantitative estimate of drug-likeness (QED) is 0.855. The monoisotopic (exact) mass is 364 g/mol. The Morgan fingerprint density at radius 1 is 1.24 bits per heavy atom. The molecule has 0 heterocycles. The van der Waals surface area contributed by atoms with Crippen LogP contribution in [0.3, 0.4) is 0 Å². The number of hydrogen-bond acceptors (Lipinski definition) is 3. The van der Waals surface area contributed by atoms with Crippen LogP contribution in [0.5, 0.6) is 5.75 Å². The van der Waals surface area contributed by atoms with Gasteiger partial charge in [-0.1, -0.05) is 23.7 Å². The minimum atomic E-state index is -0.597. The van der Waals surface area contributed by atoms with Crippen molar-refractivity contribution in [2.75, 3.05) is 25.1 Å². The number of amides is 2. The number of hydrogen-bond donors (Lipinski definition) is 1. The number of ether oxygens (including phenoxy) is 1. The number of nitrogens with one attached hydrogen (secondary N) is 1. The summed E-state index contributed by atoms with van der Waals surface area (Å²) in [6, 6.07) is 10.6. The fourth-order valence-electron chi connectivity index (χ4n) is 2.34. The molecule has 2 aromatic carbocycles. The molecule has 0 aromatic heterocycles. The van der Waals surface area contributed by atoms with Gasteiger partial charge in [-0.05, 0) is 30.3 Å². The molecule has 2 aromatic rings. The molecule has 0 fully saturated rings. The Kier molecular flexibility index (Phi) is 6.36. The predicted molar refractivity (Wildman–Crippen MR) is 94.8 cm³/mol. The molecule has 2 amide bonds. The number of benzene rings is 2. The summed E-state index contributed by atoms with van der Waals surface area (Å²) < 4.78 is 18.9. The predicted octanol–water partition coefficient (Wildman–Crippen LogP) is 3.27. The van der Waals surface area contributed by atoms with Crippen molar-refractivity contribution in [1.82, 2.24) is 5.32 Å². The van der Waals surface area contributed by atoms with Crippen molar-refractivity contribution in [3.05, 3.63) is 58.9 Å². The molecule has 0 saturated carbocycles. The summed E-state index contributed by atoms with van der Waals surface area (Å²) in [6.07, 6.45) is 0. The number of carbonyl (C=O) groups excluding carboxylic acids is 2. The molecule has 7 heteroatoms. The van der Waals surface area contributed by atoms with Gasteiger partial charge >= 0.3 is 0 Å². The zero-order valence-electron chi connectivity index (χ0n) is 13.9. The number of rotatable bonds is 6. The second-order valence-corrected chi connectivity index (χ2v) is 5.66. The molecule has 1 N–H and O–H groups in total. The fourth-order valence-corrected chi connectivity index (χ4v) is 2.51. The molecule has 5 nitrogen and oxygen atoms in total. The van der Waals surface area contributed by atoms with Crippen LogP contribution < -0.4 is 15.0 Å². The average molecular weight is 365 g/mol. The number of halogens is 2. The van der Waals surface area contributed by atoms with Gasteiger partial charge in [-0.15, -0.1) is 0 Å². The normalized spacial score (nSPS) is 10.2. The molecule has 0 bridgehead atoms. The van der Waals surface area contributed by atoms with Crippen LogP contribution in [0.15, 0.2) is 42.5 Å². The highest BCUT2D eigenvalue weighted by atomic mass is 35.5. The Morgan fingerprint density at radius 2 is 1.96 bits per heavy atom. The van der Waals surface area contributed by atoms with Gasteiger partial charge in [-0.3, -0.25) is 9.59 Å². The molecule has 0 unspecified atom stereocenters. The minimum Gasteiger partial charge on any atom is -0.495 e. The lowest BCUT2D eigenvalue weighted by molar-refractivity contribution is -0.116. The standard InChI is InChI=1S/C18H18ClFN2O3/c1-12(23)22(16-11-13(19)7-8-17(16)25-2)10-9-21-18(24)14-5-3-4-6-15(14)20/h3-8,11H,9-10H2,1-2H3,(H,21,24). The summed E-state index contributed by atoms with van der Waals surface area (Å²) in [6.45, 7) is 1.73. The molecule has 0 saturated heterocycles. The van der Waals surface area contributed by atoms with Crippen molar-refractivity contribution in [2.24, 2.45) is 0 Å². The molecule has 0 aliphatic rings. The zero-order valence-corrected chi connectivity index (χ0v) is 14.6. The maximum absolute atomic E-state index is 13.6. The van der Waals surface area contributed by atoms with Crippen molar-refractivity contribution < 1.29 is 18.7 Å². The van der Waals surface area contributed by atoms with Gasteiger partial charge in [0.2, 0.25) is 5.91 Å². The third-order valence-electron chi connectivity index (χ3n) is 3.55. The second-order valence-electron chi connectivity index (χ2n) is 5.22. The van der Waals surface area contributed by atoms with Gasteiger partial charge in [0.25, 0.3) is 5.91 Å². The van der Waals surface area contributed by atoms with Crippen LogP contribution >= 0.6 is 11.6 Å². The Labute approximate surface area is 150 Å². The van der Waals surface area contributed by atoms with Gasteiger partial charge in [0, 0.05) is 25.0 Å². The number of nitrogens with zero attached hydrogens (tertiary/aromatic N) is 1. The summed E-state index contributed by atoms with van der Waals surface area (Å²) >= 11 is 6.00. The summed E-state index contributed by atoms with van der Waals surface area (Å²) in [5.74, 6) is -0.889. The van der Waals surface area contributed by atoms with Crippen LogP contribution in [0.4, 0.5) is 10.1 Å². The first-order valence-electron chi connectivity index (χ1n) is 7.58. The highest BCUT2D eigenvalue weighted by Crippen LogP contribution is 2.31. The summed E-state index contributed by atoms with van der Waals surface area (Å²) in [7, 11) is 1.49. The van der Waals surface area contributed by atoms with Gasteiger partial charge in [0.1, 0.15) is 11.6 Å². The number of carbonyl (C=O) groups is 2. The lowest BCUT2D eigenvalue weighted by atomic mass is 10.2. The Hall–Kier alpha value is -2.60. The van der Waals surface area contributed by atoms with Crippen molar-refractivity contribution in [2.45, 2.75) is 6.92 Å². The second kappa shape index (κ2) is 8.48. The van der Waals surface area contributed by atoms with Gasteiger partial charge in [0.05, 0.1) is 18.4 Å². The van der Waals surface area contributed by atoms with E-state index in [1.165, 1.54) is 37.1 Å². The highest BCUT2D eigenvalue weighted by molar-refractivity contribution is 6.31. The zero-order chi connectivity index (χ0) is 18.4. The third-order valence-corrected chi connectivity index (χ3v) is 3.79. The molecule has 0 aliphatic heterocycles. The molecule has 25 heavy (non-hydrogen) atoms. The maximum Gasteiger partial charge on any atom is 0.254 e. The van der Waals surface area contributed by atoms with Crippen molar-refractivity contribution >= 4 is 29.1 Å². The number of anilines is 1. The van der Waals surface area contributed by atoms with Crippen molar-refractivity contribution in [3.63, 3.8) is 0 Å². The Balaban J connectivity index is 2.09. The van der Waals surface area contributed by atoms with Crippen molar-refractivity contribution in [1.29, 1.82) is 0 Å². The maximum atomic E-state index is 13.6. The van der Waals surface area contributed by atoms with E-state index in [2.05, 4.69) is 5.32 Å². The van der Waals surface area contributed by atoms with Crippen LogP contribution in [0, 0.1) is 5.82 Å². The Morgan fingerprint density at radius 3 is 2.60 bits per heavy atom. The molecule has 0 atom stereocenters. The van der Waals surface area contributed by atoms with E-state index in [0.717, 1.165) is 0 Å². The largest absolute Gasteiger partial charge is 0.495 e. The van der Waals surface area contributed by atoms with E-state index in [1.54, 1.807) is 24.3 Å². The summed E-state index contributed by atoms with van der Waals surface area (Å²) in [5.41, 5.74) is 0.458. The lowest BCUT2D eigenvalue weighted by Crippen LogP contribution is -2.38. The average Bonchev–Trinajstić information content (AvgIpc) is 2.58. The summed E-state index contributed by atoms with van der Waals surface area (Å²) in [4.78, 5) is 25.4. The smallest absolute Gasteiger partial charge is 0.254 e. The van der Waals surface area contributed by atoms with Gasteiger partial charge in [-0.25, -0.2) is 4.39 Å². The van der Waals surface area contributed by atoms with Crippen LogP contribution in [0.2, 0.25) is 5.02 Å². The van der Waals surface area contributed by atoms with Crippen LogP contribution in [-0.2, 0) is 4.79 Å². The van der Waals surface area contributed by atoms with Crippen molar-refractivity contribution in [3.8, 4) is 5.75 Å². The van der Waals surface area contributed by atoms with Gasteiger partial charge in [-0.2, -0.15) is 0 Å². The van der Waals surface area contributed by atoms with E-state index >= 15 is 0 Å². The molecule has 0 radical (unpaired) electrons. The Bertz CT molecular complexity index is 783. The SMILES string of the molecule is COc1ccc(Cl)cc1N(CCNC(=O)c1ccccc1F)C(C)=O. The fraction of sp³-hybridized carbons (Fsp3) is 0.222. The molecule has 132 valence electrons. The molecular weight excluding hydrogens is 347 g/mol. The molecular formula is C18H18ClFN2O3. The van der Waals surface area contributed by atoms with E-state index in [-0.39, 0.29) is 24.6 Å². The van der Waals surface area contributed by atoms with Crippen LogP contribution in [-0.4, -0.2) is 32.0 Å². The van der Waals surface area contributed by atoms with E-state index in [0.29, 0.717) is 16.5 Å². The minimum absolute atomic E-state index is 0.0442. The summed E-state index contributed by atoms with van der Waals surface area (Å²) in [5, 5.41) is 3.06. The molecule has 0 aliphatic carbocycles. The number of methoxy groups -OCH3 is 1.